The molecule has 1 saturated heterocycles. The van der Waals surface area contributed by atoms with Gasteiger partial charge in [-0.1, -0.05) is 6.07 Å². The van der Waals surface area contributed by atoms with Crippen LogP contribution in [-0.2, 0) is 4.79 Å². The van der Waals surface area contributed by atoms with E-state index in [0.29, 0.717) is 12.6 Å². The van der Waals surface area contributed by atoms with Crippen LogP contribution in [0.15, 0.2) is 24.3 Å². The quantitative estimate of drug-likeness (QED) is 0.852. The number of carbonyl (C=O) groups excluding carboxylic acids is 1. The van der Waals surface area contributed by atoms with Crippen LogP contribution in [0.1, 0.15) is 12.8 Å². The second-order valence-electron chi connectivity index (χ2n) is 5.18. The van der Waals surface area contributed by atoms with Crippen molar-refractivity contribution in [2.24, 2.45) is 0 Å². The lowest BCUT2D eigenvalue weighted by Gasteiger charge is -2.31. The van der Waals surface area contributed by atoms with Crippen LogP contribution in [0, 0.1) is 0 Å². The number of amides is 1. The molecule has 1 aromatic carbocycles. The number of hydrogen-bond donors (Lipinski definition) is 2. The second kappa shape index (κ2) is 7.26. The Morgan fingerprint density at radius 2 is 2.20 bits per heavy atom. The fourth-order valence-electron chi connectivity index (χ4n) is 2.50. The lowest BCUT2D eigenvalue weighted by Crippen LogP contribution is -2.44. The van der Waals surface area contributed by atoms with E-state index in [0.717, 1.165) is 37.4 Å². The van der Waals surface area contributed by atoms with Crippen LogP contribution in [0.2, 0.25) is 0 Å². The van der Waals surface area contributed by atoms with Crippen LogP contribution in [0.25, 0.3) is 0 Å². The standard InChI is InChI=1S/C15H23N3O2/c1-18(13-6-8-16-9-7-13)11-15(19)17-12-4-3-5-14(10-12)20-2/h3-5,10,13,16H,6-9,11H2,1-2H3,(H,17,19). The summed E-state index contributed by atoms with van der Waals surface area (Å²) in [5.41, 5.74) is 0.771. The minimum Gasteiger partial charge on any atom is -0.497 e. The van der Waals surface area contributed by atoms with Gasteiger partial charge in [0.05, 0.1) is 13.7 Å². The van der Waals surface area contributed by atoms with Gasteiger partial charge < -0.3 is 15.4 Å². The maximum Gasteiger partial charge on any atom is 0.238 e. The van der Waals surface area contributed by atoms with E-state index in [-0.39, 0.29) is 5.91 Å². The number of anilines is 1. The molecule has 2 rings (SSSR count). The molecule has 1 fully saturated rings. The predicted molar refractivity (Wildman–Crippen MR) is 80.1 cm³/mol. The summed E-state index contributed by atoms with van der Waals surface area (Å²) in [5.74, 6) is 0.758. The van der Waals surface area contributed by atoms with Crippen molar-refractivity contribution < 1.29 is 9.53 Å². The fraction of sp³-hybridized carbons (Fsp3) is 0.533. The minimum absolute atomic E-state index is 0.0132. The van der Waals surface area contributed by atoms with Crippen LogP contribution < -0.4 is 15.4 Å². The lowest BCUT2D eigenvalue weighted by molar-refractivity contribution is -0.117. The molecule has 0 bridgehead atoms. The number of carbonyl (C=O) groups is 1. The number of benzene rings is 1. The molecule has 0 spiro atoms. The number of nitrogens with zero attached hydrogens (tertiary/aromatic N) is 1. The zero-order chi connectivity index (χ0) is 14.4. The summed E-state index contributed by atoms with van der Waals surface area (Å²) in [6.07, 6.45) is 2.20. The van der Waals surface area contributed by atoms with Crippen molar-refractivity contribution in [3.63, 3.8) is 0 Å². The van der Waals surface area contributed by atoms with Crippen LogP contribution in [0.5, 0.6) is 5.75 Å². The second-order valence-corrected chi connectivity index (χ2v) is 5.18. The number of hydrogen-bond acceptors (Lipinski definition) is 4. The number of nitrogens with one attached hydrogen (secondary N) is 2. The minimum atomic E-state index is 0.0132. The summed E-state index contributed by atoms with van der Waals surface area (Å²) in [6.45, 7) is 2.49. The highest BCUT2D eigenvalue weighted by molar-refractivity contribution is 5.92. The number of ether oxygens (including phenoxy) is 1. The molecule has 0 radical (unpaired) electrons. The van der Waals surface area contributed by atoms with Gasteiger partial charge in [-0.05, 0) is 45.1 Å². The molecule has 5 nitrogen and oxygen atoms in total. The molecule has 5 heteroatoms. The Labute approximate surface area is 120 Å². The zero-order valence-electron chi connectivity index (χ0n) is 12.2. The average Bonchev–Trinajstić information content (AvgIpc) is 2.48. The predicted octanol–water partition coefficient (Wildman–Crippen LogP) is 1.32. The fourth-order valence-corrected chi connectivity index (χ4v) is 2.50. The Morgan fingerprint density at radius 1 is 1.45 bits per heavy atom. The maximum atomic E-state index is 12.1. The molecule has 1 aliphatic rings. The van der Waals surface area contributed by atoms with Crippen molar-refractivity contribution in [3.05, 3.63) is 24.3 Å². The van der Waals surface area contributed by atoms with Crippen LogP contribution >= 0.6 is 0 Å². The van der Waals surface area contributed by atoms with Crippen LogP contribution in [0.4, 0.5) is 5.69 Å². The molecule has 0 aliphatic carbocycles. The van der Waals surface area contributed by atoms with Gasteiger partial charge in [-0.2, -0.15) is 0 Å². The Kier molecular flexibility index (Phi) is 5.38. The third kappa shape index (κ3) is 4.21. The Hall–Kier alpha value is -1.59. The van der Waals surface area contributed by atoms with Crippen LogP contribution in [0.3, 0.4) is 0 Å². The highest BCUT2D eigenvalue weighted by Gasteiger charge is 2.19. The average molecular weight is 277 g/mol. The third-order valence-corrected chi connectivity index (χ3v) is 3.68. The number of methoxy groups -OCH3 is 1. The molecular formula is C15H23N3O2. The number of piperidine rings is 1. The number of likely N-dealkylation sites (N-methyl/N-ethyl adjacent to an activating group) is 1. The molecule has 2 N–H and O–H groups in total. The van der Waals surface area contributed by atoms with Gasteiger partial charge in [0.2, 0.25) is 5.91 Å². The molecule has 1 amide bonds. The molecule has 1 aromatic rings. The first-order valence-corrected chi connectivity index (χ1v) is 7.04. The molecule has 0 unspecified atom stereocenters. The van der Waals surface area contributed by atoms with Crippen molar-refractivity contribution in [3.8, 4) is 5.75 Å². The SMILES string of the molecule is COc1cccc(NC(=O)CN(C)C2CCNCC2)c1. The molecule has 0 atom stereocenters. The zero-order valence-corrected chi connectivity index (χ0v) is 12.2. The van der Waals surface area contributed by atoms with Gasteiger partial charge in [-0.3, -0.25) is 9.69 Å². The maximum absolute atomic E-state index is 12.1. The monoisotopic (exact) mass is 277 g/mol. The van der Waals surface area contributed by atoms with Crippen molar-refractivity contribution >= 4 is 11.6 Å². The van der Waals surface area contributed by atoms with Gasteiger partial charge >= 0.3 is 0 Å². The topological polar surface area (TPSA) is 53.6 Å². The van der Waals surface area contributed by atoms with Crippen molar-refractivity contribution in [1.29, 1.82) is 0 Å². The molecular weight excluding hydrogens is 254 g/mol. The van der Waals surface area contributed by atoms with Crippen LogP contribution in [-0.4, -0.2) is 50.6 Å². The Bertz CT molecular complexity index is 444. The molecule has 0 saturated carbocycles. The van der Waals surface area contributed by atoms with E-state index in [9.17, 15) is 4.79 Å². The molecule has 1 aliphatic heterocycles. The highest BCUT2D eigenvalue weighted by Crippen LogP contribution is 2.17. The first kappa shape index (κ1) is 14.8. The smallest absolute Gasteiger partial charge is 0.238 e. The van der Waals surface area contributed by atoms with E-state index >= 15 is 0 Å². The summed E-state index contributed by atoms with van der Waals surface area (Å²) in [7, 11) is 3.63. The summed E-state index contributed by atoms with van der Waals surface area (Å²) in [5, 5.41) is 6.24. The Morgan fingerprint density at radius 3 is 2.90 bits per heavy atom. The summed E-state index contributed by atoms with van der Waals surface area (Å²) in [4.78, 5) is 14.2. The first-order valence-electron chi connectivity index (χ1n) is 7.04. The van der Waals surface area contributed by atoms with Gasteiger partial charge in [0.25, 0.3) is 0 Å². The van der Waals surface area contributed by atoms with Crippen molar-refractivity contribution in [2.75, 3.05) is 39.1 Å². The van der Waals surface area contributed by atoms with Gasteiger partial charge in [-0.15, -0.1) is 0 Å². The summed E-state index contributed by atoms with van der Waals surface area (Å²) < 4.78 is 5.14. The third-order valence-electron chi connectivity index (χ3n) is 3.68. The normalized spacial score (nSPS) is 16.1. The highest BCUT2D eigenvalue weighted by atomic mass is 16.5. The molecule has 1 heterocycles. The van der Waals surface area contributed by atoms with E-state index in [4.69, 9.17) is 4.74 Å². The summed E-state index contributed by atoms with van der Waals surface area (Å²) in [6, 6.07) is 7.90. The Balaban J connectivity index is 1.84. The van der Waals surface area contributed by atoms with Gasteiger partial charge in [0.15, 0.2) is 0 Å². The summed E-state index contributed by atoms with van der Waals surface area (Å²) >= 11 is 0. The van der Waals surface area contributed by atoms with E-state index in [2.05, 4.69) is 15.5 Å². The van der Waals surface area contributed by atoms with Gasteiger partial charge in [0, 0.05) is 17.8 Å². The first-order chi connectivity index (χ1) is 9.69. The van der Waals surface area contributed by atoms with E-state index in [1.54, 1.807) is 7.11 Å². The molecule has 0 aromatic heterocycles. The van der Waals surface area contributed by atoms with Gasteiger partial charge in [-0.25, -0.2) is 0 Å². The molecule has 20 heavy (non-hydrogen) atoms. The van der Waals surface area contributed by atoms with Gasteiger partial charge in [0.1, 0.15) is 5.75 Å². The van der Waals surface area contributed by atoms with E-state index < -0.39 is 0 Å². The number of rotatable bonds is 5. The van der Waals surface area contributed by atoms with E-state index in [1.807, 2.05) is 31.3 Å². The largest absolute Gasteiger partial charge is 0.497 e. The lowest BCUT2D eigenvalue weighted by atomic mass is 10.1. The van der Waals surface area contributed by atoms with Crippen molar-refractivity contribution in [1.82, 2.24) is 10.2 Å². The van der Waals surface area contributed by atoms with E-state index in [1.165, 1.54) is 0 Å². The van der Waals surface area contributed by atoms with Crippen molar-refractivity contribution in [2.45, 2.75) is 18.9 Å². The molecule has 110 valence electrons.